The number of aromatic hydroxyl groups is 10. The second-order valence-electron chi connectivity index (χ2n) is 26.4. The average molecular weight is 1540 g/mol. The minimum absolute atomic E-state index is 0.149. The number of phenolic OH excluding ortho intramolecular Hbond substituents is 10. The van der Waals surface area contributed by atoms with Crippen molar-refractivity contribution in [3.63, 3.8) is 0 Å². The Labute approximate surface area is 634 Å². The van der Waals surface area contributed by atoms with Crippen LogP contribution in [0.2, 0.25) is 0 Å². The third-order valence-corrected chi connectivity index (χ3v) is 17.4. The summed E-state index contributed by atoms with van der Waals surface area (Å²) >= 11 is 0. The smallest absolute Gasteiger partial charge is 0.340 e. The molecule has 0 aliphatic carbocycles. The van der Waals surface area contributed by atoms with Crippen molar-refractivity contribution in [3.8, 4) is 86.2 Å². The lowest BCUT2D eigenvalue weighted by Crippen LogP contribution is -2.63. The summed E-state index contributed by atoms with van der Waals surface area (Å²) < 4.78 is 62.0. The summed E-state index contributed by atoms with van der Waals surface area (Å²) in [6.07, 6.45) is 5.01. The Morgan fingerprint density at radius 1 is 0.309 bits per heavy atom. The van der Waals surface area contributed by atoms with Gasteiger partial charge in [0.25, 0.3) is 0 Å². The SMILES string of the molecule is CCCCCCCCC(=O)Oc1cc(C(=O)OCC2OC(OC(=O)c3cc(O)c(OC(=O)CCCCCCCC)c(O)c3)C(OC(=O)c3cc(O)c(O)c(OC(C)=O)c3)C(OC(=O)c3cc(O)c(OC(=O)CCCCCCCC)c(O)c3)C2OC(=O)c2cc(O)c(O)c(OC(=O)CCCCCCCC)c2)cc(O)c1O. The van der Waals surface area contributed by atoms with Crippen molar-refractivity contribution in [3.05, 3.63) is 88.5 Å². The van der Waals surface area contributed by atoms with Crippen LogP contribution >= 0.6 is 0 Å². The summed E-state index contributed by atoms with van der Waals surface area (Å²) in [5.74, 6) is -27.5. The van der Waals surface area contributed by atoms with Crippen molar-refractivity contribution >= 4 is 59.7 Å². The van der Waals surface area contributed by atoms with Gasteiger partial charge in [-0.3, -0.25) is 24.0 Å². The lowest BCUT2D eigenvalue weighted by atomic mass is 9.97. The van der Waals surface area contributed by atoms with Crippen LogP contribution in [0.5, 0.6) is 86.2 Å². The van der Waals surface area contributed by atoms with Gasteiger partial charge in [-0.05, 0) is 86.3 Å². The van der Waals surface area contributed by atoms with Gasteiger partial charge in [0, 0.05) is 32.6 Å². The molecule has 0 saturated carbocycles. The minimum atomic E-state index is -2.69. The number of esters is 10. The number of carbonyl (C=O) groups excluding carboxylic acids is 10. The maximum Gasteiger partial charge on any atom is 0.340 e. The normalized spacial score (nSPS) is 15.2. The molecule has 31 nitrogen and oxygen atoms in total. The molecule has 5 aromatic carbocycles. The van der Waals surface area contributed by atoms with Crippen LogP contribution in [0.4, 0.5) is 0 Å². The highest BCUT2D eigenvalue weighted by atomic mass is 16.7. The molecule has 5 atom stereocenters. The third-order valence-electron chi connectivity index (χ3n) is 17.4. The van der Waals surface area contributed by atoms with Crippen LogP contribution in [0, 0.1) is 0 Å². The topological polar surface area (TPSA) is 475 Å². The molecule has 1 fully saturated rings. The van der Waals surface area contributed by atoms with Crippen LogP contribution < -0.4 is 23.7 Å². The summed E-state index contributed by atoms with van der Waals surface area (Å²) in [6, 6.07) is 6.57. The number of hydrogen-bond acceptors (Lipinski definition) is 31. The number of phenols is 10. The molecule has 0 radical (unpaired) electrons. The third kappa shape index (κ3) is 26.9. The van der Waals surface area contributed by atoms with E-state index in [-0.39, 0.29) is 25.7 Å². The highest BCUT2D eigenvalue weighted by Crippen LogP contribution is 2.44. The van der Waals surface area contributed by atoms with E-state index in [0.29, 0.717) is 99.9 Å². The van der Waals surface area contributed by atoms with Gasteiger partial charge in [-0.1, -0.05) is 156 Å². The van der Waals surface area contributed by atoms with Crippen molar-refractivity contribution < 1.29 is 151 Å². The monoisotopic (exact) mass is 1540 g/mol. The first kappa shape index (κ1) is 87.7. The largest absolute Gasteiger partial charge is 0.504 e. The quantitative estimate of drug-likeness (QED) is 0.00569. The lowest BCUT2D eigenvalue weighted by molar-refractivity contribution is -0.282. The van der Waals surface area contributed by atoms with E-state index in [1.54, 1.807) is 0 Å². The zero-order chi connectivity index (χ0) is 80.6. The lowest BCUT2D eigenvalue weighted by Gasteiger charge is -2.43. The molecular formula is C79H98O31. The van der Waals surface area contributed by atoms with E-state index in [2.05, 4.69) is 0 Å². The van der Waals surface area contributed by atoms with Gasteiger partial charge in [-0.25, -0.2) is 24.0 Å². The molecule has 0 aromatic heterocycles. The Bertz CT molecular complexity index is 3960. The van der Waals surface area contributed by atoms with Gasteiger partial charge < -0.3 is 103 Å². The van der Waals surface area contributed by atoms with Gasteiger partial charge in [0.05, 0.1) is 27.8 Å². The molecule has 110 heavy (non-hydrogen) atoms. The molecule has 1 saturated heterocycles. The van der Waals surface area contributed by atoms with Crippen molar-refractivity contribution in [1.82, 2.24) is 0 Å². The number of benzene rings is 5. The molecule has 600 valence electrons. The Balaban J connectivity index is 1.53. The molecule has 5 unspecified atom stereocenters. The summed E-state index contributed by atoms with van der Waals surface area (Å²) in [7, 11) is 0. The van der Waals surface area contributed by atoms with E-state index in [0.717, 1.165) is 122 Å². The maximum absolute atomic E-state index is 15.0. The van der Waals surface area contributed by atoms with Crippen molar-refractivity contribution in [1.29, 1.82) is 0 Å². The Morgan fingerprint density at radius 3 is 0.927 bits per heavy atom. The Morgan fingerprint density at radius 2 is 0.582 bits per heavy atom. The maximum atomic E-state index is 15.0. The highest BCUT2D eigenvalue weighted by Gasteiger charge is 2.55. The van der Waals surface area contributed by atoms with Crippen LogP contribution in [-0.4, -0.2) is 148 Å². The Kier molecular flexibility index (Phi) is 35.3. The molecule has 1 heterocycles. The zero-order valence-electron chi connectivity index (χ0n) is 62.2. The predicted octanol–water partition coefficient (Wildman–Crippen LogP) is 13.7. The number of rotatable bonds is 44. The van der Waals surface area contributed by atoms with E-state index in [1.165, 1.54) is 0 Å². The summed E-state index contributed by atoms with van der Waals surface area (Å²) in [5, 5.41) is 110. The molecule has 1 aliphatic rings. The highest BCUT2D eigenvalue weighted by molar-refractivity contribution is 5.95. The minimum Gasteiger partial charge on any atom is -0.504 e. The molecular weight excluding hydrogens is 1440 g/mol. The van der Waals surface area contributed by atoms with Gasteiger partial charge in [0.15, 0.2) is 69.7 Å². The molecule has 31 heteroatoms. The standard InChI is InChI=1S/C79H98O31/c1-6-10-14-18-22-26-30-62(88)102-59-41-48(34-51(81)67(59)93)74(95)100-44-61-71(107-76(97)50-36-53(83)68(94)60(43-50)103-63(89)31-27-23-19-15-11-7-2)72(108-75(96)46-37-54(84)69(55(85)38-46)105-64(90)32-28-24-20-16-12-8-3)73(109-77(98)49-35-52(82)66(92)58(42-49)101-45(5)80)79(104-61)110-78(99)47-39-56(86)70(57(87)40-47)106-65(91)33-29-25-21-17-13-9-4/h34-43,61,71-73,79,81-87,92-94H,6-33,44H2,1-5H3. The Hall–Kier alpha value is -11.2. The fraction of sp³-hybridized carbons (Fsp3) is 0.494. The molecule has 0 spiro atoms. The van der Waals surface area contributed by atoms with E-state index >= 15 is 9.59 Å². The van der Waals surface area contributed by atoms with Gasteiger partial charge >= 0.3 is 59.7 Å². The van der Waals surface area contributed by atoms with E-state index < -0.39 is 211 Å². The van der Waals surface area contributed by atoms with Crippen molar-refractivity contribution in [2.24, 2.45) is 0 Å². The zero-order valence-corrected chi connectivity index (χ0v) is 62.2. The van der Waals surface area contributed by atoms with Gasteiger partial charge in [-0.15, -0.1) is 0 Å². The first-order valence-electron chi connectivity index (χ1n) is 37.0. The fourth-order valence-corrected chi connectivity index (χ4v) is 11.5. The number of unbranched alkanes of at least 4 members (excludes halogenated alkanes) is 20. The predicted molar refractivity (Wildman–Crippen MR) is 387 cm³/mol. The second-order valence-corrected chi connectivity index (χ2v) is 26.4. The molecule has 10 N–H and O–H groups in total. The number of carbonyl (C=O) groups is 10. The van der Waals surface area contributed by atoms with Gasteiger partial charge in [-0.2, -0.15) is 0 Å². The van der Waals surface area contributed by atoms with Crippen LogP contribution in [0.25, 0.3) is 0 Å². The summed E-state index contributed by atoms with van der Waals surface area (Å²) in [4.78, 5) is 138. The van der Waals surface area contributed by atoms with Crippen LogP contribution in [0.15, 0.2) is 60.7 Å². The second kappa shape index (κ2) is 44.3. The van der Waals surface area contributed by atoms with Gasteiger partial charge in [0.2, 0.25) is 41.1 Å². The fourth-order valence-electron chi connectivity index (χ4n) is 11.5. The van der Waals surface area contributed by atoms with Crippen molar-refractivity contribution in [2.45, 2.75) is 245 Å². The first-order valence-corrected chi connectivity index (χ1v) is 37.0. The van der Waals surface area contributed by atoms with Gasteiger partial charge in [0.1, 0.15) is 12.7 Å². The molecule has 0 amide bonds. The summed E-state index contributed by atoms with van der Waals surface area (Å²) in [6.45, 7) is 7.66. The van der Waals surface area contributed by atoms with E-state index in [4.69, 9.17) is 52.1 Å². The molecule has 1 aliphatic heterocycles. The number of hydrogen-bond donors (Lipinski definition) is 10. The van der Waals surface area contributed by atoms with Crippen LogP contribution in [0.3, 0.4) is 0 Å². The molecule has 0 bridgehead atoms. The van der Waals surface area contributed by atoms with Crippen LogP contribution in [0.1, 0.15) is 266 Å². The van der Waals surface area contributed by atoms with E-state index in [9.17, 15) is 89.4 Å². The summed E-state index contributed by atoms with van der Waals surface area (Å²) in [5.41, 5.74) is -3.97. The van der Waals surface area contributed by atoms with Crippen molar-refractivity contribution in [2.75, 3.05) is 6.61 Å². The average Bonchev–Trinajstić information content (AvgIpc) is 0.765. The molecule has 5 aromatic rings. The number of ether oxygens (including phenoxy) is 11. The molecule has 6 rings (SSSR count). The van der Waals surface area contributed by atoms with E-state index in [1.807, 2.05) is 27.7 Å². The van der Waals surface area contributed by atoms with Crippen LogP contribution in [-0.2, 0) is 52.4 Å². The first-order chi connectivity index (χ1) is 52.6.